The summed E-state index contributed by atoms with van der Waals surface area (Å²) in [6.45, 7) is 2.11. The molecule has 2 unspecified atom stereocenters. The van der Waals surface area contributed by atoms with Gasteiger partial charge in [0.25, 0.3) is 0 Å². The molecule has 2 atom stereocenters. The highest BCUT2D eigenvalue weighted by molar-refractivity contribution is 6.00. The lowest BCUT2D eigenvalue weighted by Crippen LogP contribution is -2.41. The minimum absolute atomic E-state index is 0.0605. The summed E-state index contributed by atoms with van der Waals surface area (Å²) in [5.74, 6) is -0.702. The topological polar surface area (TPSA) is 69.6 Å². The normalized spacial score (nSPS) is 17.9. The van der Waals surface area contributed by atoms with Crippen molar-refractivity contribution in [3.05, 3.63) is 90.5 Å². The Kier molecular flexibility index (Phi) is 5.87. The highest BCUT2D eigenvalue weighted by Crippen LogP contribution is 2.27. The maximum absolute atomic E-state index is 12.7. The first-order chi connectivity index (χ1) is 14.9. The number of hydrogen-bond donors (Lipinski definition) is 2. The van der Waals surface area contributed by atoms with E-state index in [1.165, 1.54) is 0 Å². The average molecular weight is 415 g/mol. The molecule has 0 saturated carbocycles. The van der Waals surface area contributed by atoms with Crippen LogP contribution in [0.2, 0.25) is 0 Å². The summed E-state index contributed by atoms with van der Waals surface area (Å²) in [6, 6.07) is 27.1. The third kappa shape index (κ3) is 4.67. The van der Waals surface area contributed by atoms with Crippen molar-refractivity contribution in [3.8, 4) is 11.1 Å². The molecule has 0 radical (unpaired) electrons. The monoisotopic (exact) mass is 414 g/mol. The Morgan fingerprint density at radius 3 is 2.19 bits per heavy atom. The maximum Gasteiger partial charge on any atom is 0.227 e. The Morgan fingerprint density at radius 1 is 0.968 bits per heavy atom. The van der Waals surface area contributed by atoms with Crippen molar-refractivity contribution in [3.63, 3.8) is 0 Å². The molecular weight excluding hydrogens is 388 g/mol. The van der Waals surface area contributed by atoms with Gasteiger partial charge in [-0.25, -0.2) is 0 Å². The second kappa shape index (κ2) is 8.74. The number of amides is 2. The van der Waals surface area contributed by atoms with Crippen LogP contribution >= 0.6 is 0 Å². The molecule has 0 aliphatic carbocycles. The molecule has 1 aliphatic heterocycles. The zero-order valence-corrected chi connectivity index (χ0v) is 17.5. The van der Waals surface area contributed by atoms with Crippen LogP contribution in [-0.4, -0.2) is 30.0 Å². The first-order valence-electron chi connectivity index (χ1n) is 10.5. The van der Waals surface area contributed by atoms with Gasteiger partial charge in [-0.05, 0) is 35.7 Å². The number of nitrogens with one attached hydrogen (secondary N) is 1. The van der Waals surface area contributed by atoms with Crippen LogP contribution in [0.3, 0.4) is 0 Å². The summed E-state index contributed by atoms with van der Waals surface area (Å²) in [5, 5.41) is 13.8. The second-order valence-corrected chi connectivity index (χ2v) is 8.18. The van der Waals surface area contributed by atoms with Crippen LogP contribution in [0.5, 0.6) is 0 Å². The van der Waals surface area contributed by atoms with Gasteiger partial charge in [-0.15, -0.1) is 0 Å². The van der Waals surface area contributed by atoms with E-state index >= 15 is 0 Å². The highest BCUT2D eigenvalue weighted by Gasteiger charge is 2.36. The zero-order valence-electron chi connectivity index (χ0n) is 17.5. The van der Waals surface area contributed by atoms with E-state index in [4.69, 9.17) is 0 Å². The van der Waals surface area contributed by atoms with Crippen LogP contribution in [0.4, 0.5) is 5.69 Å². The largest absolute Gasteiger partial charge is 0.384 e. The average Bonchev–Trinajstić information content (AvgIpc) is 3.20. The van der Waals surface area contributed by atoms with E-state index in [1.54, 1.807) is 11.8 Å². The molecule has 2 amide bonds. The van der Waals surface area contributed by atoms with Crippen molar-refractivity contribution in [2.24, 2.45) is 5.92 Å². The minimum atomic E-state index is -1.22. The lowest BCUT2D eigenvalue weighted by Gasteiger charge is -2.25. The predicted octanol–water partition coefficient (Wildman–Crippen LogP) is 3.73. The number of aliphatic hydroxyl groups is 1. The van der Waals surface area contributed by atoms with Gasteiger partial charge in [0.15, 0.2) is 0 Å². The molecule has 1 fully saturated rings. The number of benzene rings is 3. The fraction of sp³-hybridized carbons (Fsp3) is 0.231. The van der Waals surface area contributed by atoms with E-state index < -0.39 is 11.5 Å². The van der Waals surface area contributed by atoms with Gasteiger partial charge in [0.1, 0.15) is 5.60 Å². The fourth-order valence-electron chi connectivity index (χ4n) is 3.90. The van der Waals surface area contributed by atoms with Crippen molar-refractivity contribution in [1.82, 2.24) is 5.32 Å². The van der Waals surface area contributed by atoms with Crippen LogP contribution in [0, 0.1) is 5.92 Å². The van der Waals surface area contributed by atoms with Crippen molar-refractivity contribution < 1.29 is 14.7 Å². The number of para-hydroxylation sites is 1. The molecule has 31 heavy (non-hydrogen) atoms. The molecule has 1 aliphatic rings. The Morgan fingerprint density at radius 2 is 1.55 bits per heavy atom. The number of anilines is 1. The Labute approximate surface area is 182 Å². The molecule has 0 spiro atoms. The number of carbonyl (C=O) groups excluding carboxylic acids is 2. The van der Waals surface area contributed by atoms with Gasteiger partial charge in [-0.3, -0.25) is 9.59 Å². The quantitative estimate of drug-likeness (QED) is 0.646. The van der Waals surface area contributed by atoms with Crippen molar-refractivity contribution in [1.29, 1.82) is 0 Å². The molecule has 4 rings (SSSR count). The zero-order chi connectivity index (χ0) is 21.8. The standard InChI is InChI=1S/C26H26N2O3/c1-26(31,22-14-12-20(13-15-22)19-8-4-2-5-9-19)18-27-25(30)21-16-24(29)28(17-21)23-10-6-3-7-11-23/h2-15,21,31H,16-18H2,1H3,(H,27,30). The Bertz CT molecular complexity index is 1050. The van der Waals surface area contributed by atoms with Crippen molar-refractivity contribution in [2.45, 2.75) is 18.9 Å². The molecular formula is C26H26N2O3. The molecule has 0 aromatic heterocycles. The number of hydrogen-bond acceptors (Lipinski definition) is 3. The number of rotatable bonds is 6. The Balaban J connectivity index is 1.37. The summed E-state index contributed by atoms with van der Waals surface area (Å²) in [4.78, 5) is 26.7. The van der Waals surface area contributed by atoms with E-state index in [0.29, 0.717) is 6.54 Å². The van der Waals surface area contributed by atoms with Crippen LogP contribution in [0.25, 0.3) is 11.1 Å². The van der Waals surface area contributed by atoms with E-state index in [2.05, 4.69) is 5.32 Å². The number of carbonyl (C=O) groups is 2. The molecule has 158 valence electrons. The second-order valence-electron chi connectivity index (χ2n) is 8.18. The molecule has 3 aromatic carbocycles. The SMILES string of the molecule is CC(O)(CNC(=O)C1CC(=O)N(c2ccccc2)C1)c1ccc(-c2ccccc2)cc1. The minimum Gasteiger partial charge on any atom is -0.384 e. The summed E-state index contributed by atoms with van der Waals surface area (Å²) in [7, 11) is 0. The van der Waals surface area contributed by atoms with Gasteiger partial charge in [0, 0.05) is 18.7 Å². The van der Waals surface area contributed by atoms with Gasteiger partial charge < -0.3 is 15.3 Å². The summed E-state index contributed by atoms with van der Waals surface area (Å²) < 4.78 is 0. The smallest absolute Gasteiger partial charge is 0.227 e. The van der Waals surface area contributed by atoms with Crippen LogP contribution in [0.1, 0.15) is 18.9 Å². The predicted molar refractivity (Wildman–Crippen MR) is 121 cm³/mol. The lowest BCUT2D eigenvalue weighted by molar-refractivity contribution is -0.127. The lowest BCUT2D eigenvalue weighted by atomic mass is 9.93. The van der Waals surface area contributed by atoms with Crippen LogP contribution < -0.4 is 10.2 Å². The van der Waals surface area contributed by atoms with E-state index in [-0.39, 0.29) is 24.8 Å². The number of nitrogens with zero attached hydrogens (tertiary/aromatic N) is 1. The van der Waals surface area contributed by atoms with E-state index in [0.717, 1.165) is 22.4 Å². The molecule has 1 saturated heterocycles. The molecule has 1 heterocycles. The molecule has 0 bridgehead atoms. The molecule has 3 aromatic rings. The fourth-order valence-corrected chi connectivity index (χ4v) is 3.90. The maximum atomic E-state index is 12.7. The summed E-state index contributed by atoms with van der Waals surface area (Å²) in [6.07, 6.45) is 0.175. The van der Waals surface area contributed by atoms with Gasteiger partial charge in [-0.1, -0.05) is 72.8 Å². The van der Waals surface area contributed by atoms with Crippen LogP contribution in [0.15, 0.2) is 84.9 Å². The van der Waals surface area contributed by atoms with Gasteiger partial charge in [0.05, 0.1) is 12.5 Å². The molecule has 5 heteroatoms. The molecule has 2 N–H and O–H groups in total. The van der Waals surface area contributed by atoms with Crippen molar-refractivity contribution in [2.75, 3.05) is 18.0 Å². The summed E-state index contributed by atoms with van der Waals surface area (Å²) >= 11 is 0. The highest BCUT2D eigenvalue weighted by atomic mass is 16.3. The van der Waals surface area contributed by atoms with E-state index in [9.17, 15) is 14.7 Å². The van der Waals surface area contributed by atoms with Gasteiger partial charge >= 0.3 is 0 Å². The van der Waals surface area contributed by atoms with Crippen molar-refractivity contribution >= 4 is 17.5 Å². The first-order valence-corrected chi connectivity index (χ1v) is 10.5. The van der Waals surface area contributed by atoms with Gasteiger partial charge in [-0.2, -0.15) is 0 Å². The first kappa shape index (κ1) is 20.8. The summed E-state index contributed by atoms with van der Waals surface area (Å²) in [5.41, 5.74) is 2.48. The van der Waals surface area contributed by atoms with Gasteiger partial charge in [0.2, 0.25) is 11.8 Å². The third-order valence-electron chi connectivity index (χ3n) is 5.78. The Hall–Kier alpha value is -3.44. The third-order valence-corrected chi connectivity index (χ3v) is 5.78. The van der Waals surface area contributed by atoms with E-state index in [1.807, 2.05) is 84.9 Å². The molecule has 5 nitrogen and oxygen atoms in total. The van der Waals surface area contributed by atoms with Crippen LogP contribution in [-0.2, 0) is 15.2 Å².